The van der Waals surface area contributed by atoms with Crippen molar-refractivity contribution in [3.8, 4) is 0 Å². The van der Waals surface area contributed by atoms with Crippen LogP contribution in [0.1, 0.15) is 39.5 Å². The smallest absolute Gasteiger partial charge is 0.169 e. The first-order valence-corrected chi connectivity index (χ1v) is 6.70. The summed E-state index contributed by atoms with van der Waals surface area (Å²) in [6.07, 6.45) is 0. The van der Waals surface area contributed by atoms with E-state index >= 15 is 0 Å². The largest absolute Gasteiger partial charge is 0.456 e. The Morgan fingerprint density at radius 1 is 1.21 bits per heavy atom. The van der Waals surface area contributed by atoms with Gasteiger partial charge in [0.1, 0.15) is 5.76 Å². The van der Waals surface area contributed by atoms with E-state index in [1.54, 1.807) is 6.07 Å². The molecule has 0 spiro atoms. The summed E-state index contributed by atoms with van der Waals surface area (Å²) in [5, 5.41) is 0.779. The van der Waals surface area contributed by atoms with E-state index in [0.717, 1.165) is 5.39 Å². The maximum Gasteiger partial charge on any atom is 0.169 e. The molecule has 1 aliphatic carbocycles. The SMILES string of the molecule is CC1(C)C(C(N)c2cc3cccc(F)c3o2)C1(C)C. The number of halogens is 1. The zero-order valence-corrected chi connectivity index (χ0v) is 11.8. The molecule has 0 saturated heterocycles. The van der Waals surface area contributed by atoms with E-state index in [-0.39, 0.29) is 22.7 Å². The van der Waals surface area contributed by atoms with Crippen molar-refractivity contribution in [1.82, 2.24) is 0 Å². The van der Waals surface area contributed by atoms with Gasteiger partial charge in [0.25, 0.3) is 0 Å². The third kappa shape index (κ3) is 1.57. The van der Waals surface area contributed by atoms with Crippen LogP contribution in [0.3, 0.4) is 0 Å². The summed E-state index contributed by atoms with van der Waals surface area (Å²) in [4.78, 5) is 0. The summed E-state index contributed by atoms with van der Waals surface area (Å²) < 4.78 is 19.3. The second kappa shape index (κ2) is 3.60. The monoisotopic (exact) mass is 261 g/mol. The molecule has 1 atom stereocenters. The molecule has 2 nitrogen and oxygen atoms in total. The van der Waals surface area contributed by atoms with Crippen LogP contribution in [-0.4, -0.2) is 0 Å². The number of nitrogens with two attached hydrogens (primary N) is 1. The molecule has 3 heteroatoms. The lowest BCUT2D eigenvalue weighted by atomic mass is 10.0. The van der Waals surface area contributed by atoms with Gasteiger partial charge in [-0.3, -0.25) is 0 Å². The van der Waals surface area contributed by atoms with E-state index in [1.807, 2.05) is 12.1 Å². The third-order valence-corrected chi connectivity index (χ3v) is 5.34. The maximum absolute atomic E-state index is 13.6. The highest BCUT2D eigenvalue weighted by molar-refractivity contribution is 5.78. The molecule has 19 heavy (non-hydrogen) atoms. The van der Waals surface area contributed by atoms with Crippen LogP contribution >= 0.6 is 0 Å². The van der Waals surface area contributed by atoms with Gasteiger partial charge in [0.15, 0.2) is 11.4 Å². The van der Waals surface area contributed by atoms with Gasteiger partial charge >= 0.3 is 0 Å². The van der Waals surface area contributed by atoms with Gasteiger partial charge in [-0.2, -0.15) is 0 Å². The molecule has 102 valence electrons. The number of hydrogen-bond acceptors (Lipinski definition) is 2. The molecule has 1 aromatic carbocycles. The van der Waals surface area contributed by atoms with Crippen LogP contribution in [0.25, 0.3) is 11.0 Å². The number of hydrogen-bond donors (Lipinski definition) is 1. The fourth-order valence-electron chi connectivity index (χ4n) is 3.52. The van der Waals surface area contributed by atoms with Crippen LogP contribution in [0.2, 0.25) is 0 Å². The highest BCUT2D eigenvalue weighted by Crippen LogP contribution is 2.71. The van der Waals surface area contributed by atoms with Crippen LogP contribution in [0, 0.1) is 22.6 Å². The summed E-state index contributed by atoms with van der Waals surface area (Å²) in [6.45, 7) is 8.89. The van der Waals surface area contributed by atoms with E-state index < -0.39 is 0 Å². The predicted octanol–water partition coefficient (Wildman–Crippen LogP) is 4.25. The first-order chi connectivity index (χ1) is 8.76. The molecule has 1 aromatic heterocycles. The first kappa shape index (κ1) is 12.7. The van der Waals surface area contributed by atoms with E-state index in [2.05, 4.69) is 27.7 Å². The molecular formula is C16H20FNO. The predicted molar refractivity (Wildman–Crippen MR) is 74.2 cm³/mol. The average molecular weight is 261 g/mol. The lowest BCUT2D eigenvalue weighted by molar-refractivity contribution is 0.410. The third-order valence-electron chi connectivity index (χ3n) is 5.34. The Hall–Kier alpha value is -1.35. The second-order valence-corrected chi connectivity index (χ2v) is 6.75. The molecule has 2 aromatic rings. The normalized spacial score (nSPS) is 22.6. The Balaban J connectivity index is 2.00. The number of rotatable bonds is 2. The lowest BCUT2D eigenvalue weighted by Crippen LogP contribution is -2.15. The van der Waals surface area contributed by atoms with Crippen LogP contribution in [0.15, 0.2) is 28.7 Å². The van der Waals surface area contributed by atoms with Gasteiger partial charge in [0.2, 0.25) is 0 Å². The van der Waals surface area contributed by atoms with Gasteiger partial charge in [0, 0.05) is 5.39 Å². The molecule has 1 unspecified atom stereocenters. The number of para-hydroxylation sites is 1. The van der Waals surface area contributed by atoms with Crippen LogP contribution in [-0.2, 0) is 0 Å². The molecular weight excluding hydrogens is 241 g/mol. The molecule has 0 aliphatic heterocycles. The standard InChI is InChI=1S/C16H20FNO/c1-15(2)14(16(15,3)4)12(18)11-8-9-6-5-7-10(17)13(9)19-11/h5-8,12,14H,18H2,1-4H3. The molecule has 0 bridgehead atoms. The minimum Gasteiger partial charge on any atom is -0.456 e. The average Bonchev–Trinajstić information content (AvgIpc) is 2.67. The summed E-state index contributed by atoms with van der Waals surface area (Å²) in [5.74, 6) is 0.706. The molecule has 0 amide bonds. The molecule has 2 N–H and O–H groups in total. The maximum atomic E-state index is 13.6. The minimum absolute atomic E-state index is 0.184. The van der Waals surface area contributed by atoms with Crippen molar-refractivity contribution in [2.45, 2.75) is 33.7 Å². The van der Waals surface area contributed by atoms with Crippen molar-refractivity contribution in [3.63, 3.8) is 0 Å². The minimum atomic E-state index is -0.328. The van der Waals surface area contributed by atoms with E-state index in [9.17, 15) is 4.39 Å². The molecule has 1 saturated carbocycles. The van der Waals surface area contributed by atoms with Crippen LogP contribution in [0.5, 0.6) is 0 Å². The van der Waals surface area contributed by atoms with Crippen molar-refractivity contribution in [2.24, 2.45) is 22.5 Å². The van der Waals surface area contributed by atoms with Crippen molar-refractivity contribution >= 4 is 11.0 Å². The van der Waals surface area contributed by atoms with Gasteiger partial charge in [0.05, 0.1) is 6.04 Å². The Morgan fingerprint density at radius 3 is 2.37 bits per heavy atom. The molecule has 1 heterocycles. The highest BCUT2D eigenvalue weighted by atomic mass is 19.1. The quantitative estimate of drug-likeness (QED) is 0.877. The summed E-state index contributed by atoms with van der Waals surface area (Å²) in [7, 11) is 0. The molecule has 3 rings (SSSR count). The molecule has 1 aliphatic rings. The van der Waals surface area contributed by atoms with Gasteiger partial charge in [-0.1, -0.05) is 39.8 Å². The Bertz CT molecular complexity index is 627. The summed E-state index contributed by atoms with van der Waals surface area (Å²) >= 11 is 0. The van der Waals surface area contributed by atoms with Crippen LogP contribution in [0.4, 0.5) is 4.39 Å². The van der Waals surface area contributed by atoms with E-state index in [4.69, 9.17) is 10.2 Å². The molecule has 1 fully saturated rings. The van der Waals surface area contributed by atoms with Gasteiger partial charge in [-0.15, -0.1) is 0 Å². The molecule has 0 radical (unpaired) electrons. The van der Waals surface area contributed by atoms with E-state index in [0.29, 0.717) is 17.3 Å². The van der Waals surface area contributed by atoms with Crippen LogP contribution < -0.4 is 5.73 Å². The Morgan fingerprint density at radius 2 is 1.84 bits per heavy atom. The zero-order chi connectivity index (χ0) is 14.0. The Labute approximate surface area is 112 Å². The highest BCUT2D eigenvalue weighted by Gasteiger charge is 2.67. The second-order valence-electron chi connectivity index (χ2n) is 6.75. The van der Waals surface area contributed by atoms with Gasteiger partial charge in [-0.25, -0.2) is 4.39 Å². The van der Waals surface area contributed by atoms with Crippen molar-refractivity contribution in [2.75, 3.05) is 0 Å². The zero-order valence-electron chi connectivity index (χ0n) is 11.8. The van der Waals surface area contributed by atoms with Gasteiger partial charge < -0.3 is 10.2 Å². The number of benzene rings is 1. The topological polar surface area (TPSA) is 39.2 Å². The fourth-order valence-corrected chi connectivity index (χ4v) is 3.52. The van der Waals surface area contributed by atoms with Gasteiger partial charge in [-0.05, 0) is 28.9 Å². The van der Waals surface area contributed by atoms with E-state index in [1.165, 1.54) is 6.07 Å². The summed E-state index contributed by atoms with van der Waals surface area (Å²) in [5.41, 5.74) is 7.03. The van der Waals surface area contributed by atoms with Crippen molar-refractivity contribution in [1.29, 1.82) is 0 Å². The number of furan rings is 1. The lowest BCUT2D eigenvalue weighted by Gasteiger charge is -2.10. The number of fused-ring (bicyclic) bond motifs is 1. The fraction of sp³-hybridized carbons (Fsp3) is 0.500. The van der Waals surface area contributed by atoms with Crippen molar-refractivity contribution < 1.29 is 8.81 Å². The van der Waals surface area contributed by atoms with Crippen molar-refractivity contribution in [3.05, 3.63) is 35.8 Å². The Kier molecular flexibility index (Phi) is 2.40. The first-order valence-electron chi connectivity index (χ1n) is 6.70. The summed E-state index contributed by atoms with van der Waals surface area (Å²) in [6, 6.07) is 6.63.